The molecule has 1 unspecified atom stereocenters. The van der Waals surface area contributed by atoms with E-state index >= 15 is 0 Å². The maximum atomic E-state index is 8.92. The fourth-order valence-corrected chi connectivity index (χ4v) is 2.14. The Morgan fingerprint density at radius 2 is 1.93 bits per heavy atom. The third-order valence-corrected chi connectivity index (χ3v) is 3.57. The van der Waals surface area contributed by atoms with Crippen LogP contribution in [-0.4, -0.2) is 49.3 Å². The van der Waals surface area contributed by atoms with Crippen LogP contribution in [0.25, 0.3) is 0 Å². The van der Waals surface area contributed by atoms with Crippen molar-refractivity contribution in [3.8, 4) is 0 Å². The van der Waals surface area contributed by atoms with Crippen molar-refractivity contribution < 1.29 is 5.11 Å². The van der Waals surface area contributed by atoms with Gasteiger partial charge in [-0.15, -0.1) is 0 Å². The van der Waals surface area contributed by atoms with Crippen LogP contribution in [0.4, 0.5) is 0 Å². The van der Waals surface area contributed by atoms with E-state index in [0.717, 1.165) is 13.0 Å². The third kappa shape index (κ3) is 4.49. The van der Waals surface area contributed by atoms with Crippen LogP contribution in [0.1, 0.15) is 33.1 Å². The van der Waals surface area contributed by atoms with Gasteiger partial charge < -0.3 is 15.3 Å². The van der Waals surface area contributed by atoms with Crippen LogP contribution in [0, 0.1) is 5.41 Å². The maximum absolute atomic E-state index is 8.92. The smallest absolute Gasteiger partial charge is 0.0446 e. The molecular weight excluding hydrogens is 188 g/mol. The van der Waals surface area contributed by atoms with Crippen LogP contribution in [0.2, 0.25) is 0 Å². The summed E-state index contributed by atoms with van der Waals surface area (Å²) < 4.78 is 0. The van der Waals surface area contributed by atoms with Crippen LogP contribution < -0.4 is 5.32 Å². The molecule has 1 rings (SSSR count). The summed E-state index contributed by atoms with van der Waals surface area (Å²) >= 11 is 0. The number of aliphatic hydroxyl groups excluding tert-OH is 1. The largest absolute Gasteiger partial charge is 0.396 e. The third-order valence-electron chi connectivity index (χ3n) is 3.57. The lowest BCUT2D eigenvalue weighted by atomic mass is 9.82. The van der Waals surface area contributed by atoms with E-state index in [1.165, 1.54) is 25.9 Å². The molecule has 15 heavy (non-hydrogen) atoms. The minimum atomic E-state index is 0.283. The molecule has 1 heterocycles. The predicted molar refractivity (Wildman–Crippen MR) is 64.0 cm³/mol. The number of aliphatic hydroxyl groups is 1. The fraction of sp³-hybridized carbons (Fsp3) is 1.00. The lowest BCUT2D eigenvalue weighted by Crippen LogP contribution is -2.45. The fourth-order valence-electron chi connectivity index (χ4n) is 2.14. The molecule has 1 aliphatic rings. The van der Waals surface area contributed by atoms with Gasteiger partial charge in [0.05, 0.1) is 0 Å². The molecule has 0 spiro atoms. The van der Waals surface area contributed by atoms with Crippen LogP contribution in [0.15, 0.2) is 0 Å². The van der Waals surface area contributed by atoms with E-state index in [0.29, 0.717) is 11.5 Å². The molecule has 0 aromatic rings. The van der Waals surface area contributed by atoms with Crippen LogP contribution in [-0.2, 0) is 0 Å². The average molecular weight is 214 g/mol. The number of hydrogen-bond acceptors (Lipinski definition) is 3. The highest BCUT2D eigenvalue weighted by Crippen LogP contribution is 2.29. The summed E-state index contributed by atoms with van der Waals surface area (Å²) in [6.45, 7) is 8.48. The molecule has 0 radical (unpaired) electrons. The Bertz CT molecular complexity index is 172. The van der Waals surface area contributed by atoms with Gasteiger partial charge in [-0.05, 0) is 44.8 Å². The van der Waals surface area contributed by atoms with Gasteiger partial charge in [-0.25, -0.2) is 0 Å². The number of hydrogen-bond donors (Lipinski definition) is 2. The Hall–Kier alpha value is -0.120. The topological polar surface area (TPSA) is 35.5 Å². The molecule has 90 valence electrons. The molecule has 3 nitrogen and oxygen atoms in total. The van der Waals surface area contributed by atoms with E-state index in [4.69, 9.17) is 5.11 Å². The predicted octanol–water partition coefficient (Wildman–Crippen LogP) is 1.08. The second kappa shape index (κ2) is 5.83. The second-order valence-corrected chi connectivity index (χ2v) is 5.46. The van der Waals surface area contributed by atoms with Gasteiger partial charge in [0.25, 0.3) is 0 Å². The summed E-state index contributed by atoms with van der Waals surface area (Å²) in [4.78, 5) is 2.52. The Labute approximate surface area is 93.9 Å². The Kier molecular flexibility index (Phi) is 5.03. The number of nitrogens with one attached hydrogen (secondary N) is 1. The first-order valence-electron chi connectivity index (χ1n) is 6.08. The van der Waals surface area contributed by atoms with Crippen molar-refractivity contribution in [2.75, 3.05) is 33.3 Å². The molecule has 0 aromatic heterocycles. The number of piperidine rings is 1. The Morgan fingerprint density at radius 3 is 2.40 bits per heavy atom. The van der Waals surface area contributed by atoms with Gasteiger partial charge in [0.15, 0.2) is 0 Å². The first-order valence-corrected chi connectivity index (χ1v) is 6.08. The van der Waals surface area contributed by atoms with E-state index < -0.39 is 0 Å². The minimum absolute atomic E-state index is 0.283. The van der Waals surface area contributed by atoms with E-state index in [1.807, 2.05) is 7.05 Å². The molecule has 0 saturated carbocycles. The lowest BCUT2D eigenvalue weighted by molar-refractivity contribution is 0.118. The number of nitrogens with zero attached hydrogens (tertiary/aromatic N) is 1. The van der Waals surface area contributed by atoms with Gasteiger partial charge in [-0.3, -0.25) is 0 Å². The highest BCUT2D eigenvalue weighted by atomic mass is 16.3. The molecule has 0 aliphatic carbocycles. The molecule has 3 heteroatoms. The molecule has 0 amide bonds. The van der Waals surface area contributed by atoms with Crippen molar-refractivity contribution in [2.45, 2.75) is 39.2 Å². The number of likely N-dealkylation sites (tertiary alicyclic amines) is 1. The quantitative estimate of drug-likeness (QED) is 0.719. The zero-order valence-corrected chi connectivity index (χ0v) is 10.4. The van der Waals surface area contributed by atoms with Gasteiger partial charge in [0, 0.05) is 19.2 Å². The van der Waals surface area contributed by atoms with Gasteiger partial charge in [-0.2, -0.15) is 0 Å². The summed E-state index contributed by atoms with van der Waals surface area (Å²) in [5, 5.41) is 12.2. The van der Waals surface area contributed by atoms with E-state index in [-0.39, 0.29) is 6.61 Å². The molecular formula is C12H26N2O. The monoisotopic (exact) mass is 214 g/mol. The highest BCUT2D eigenvalue weighted by molar-refractivity contribution is 4.80. The first-order chi connectivity index (χ1) is 7.07. The van der Waals surface area contributed by atoms with Crippen LogP contribution in [0.3, 0.4) is 0 Å². The van der Waals surface area contributed by atoms with Crippen molar-refractivity contribution >= 4 is 0 Å². The summed E-state index contributed by atoms with van der Waals surface area (Å²) in [6.07, 6.45) is 3.45. The van der Waals surface area contributed by atoms with Crippen molar-refractivity contribution in [2.24, 2.45) is 5.41 Å². The van der Waals surface area contributed by atoms with Crippen molar-refractivity contribution in [3.05, 3.63) is 0 Å². The van der Waals surface area contributed by atoms with E-state index in [2.05, 4.69) is 24.1 Å². The zero-order chi connectivity index (χ0) is 11.3. The van der Waals surface area contributed by atoms with E-state index in [1.54, 1.807) is 0 Å². The molecule has 1 fully saturated rings. The zero-order valence-electron chi connectivity index (χ0n) is 10.4. The summed E-state index contributed by atoms with van der Waals surface area (Å²) in [5.74, 6) is 0. The highest BCUT2D eigenvalue weighted by Gasteiger charge is 2.26. The molecule has 0 bridgehead atoms. The normalized spacial score (nSPS) is 24.0. The van der Waals surface area contributed by atoms with E-state index in [9.17, 15) is 0 Å². The molecule has 0 aromatic carbocycles. The van der Waals surface area contributed by atoms with Crippen molar-refractivity contribution in [1.82, 2.24) is 10.2 Å². The molecule has 1 aliphatic heterocycles. The molecule has 1 atom stereocenters. The summed E-state index contributed by atoms with van der Waals surface area (Å²) in [7, 11) is 1.98. The molecule has 1 saturated heterocycles. The lowest BCUT2D eigenvalue weighted by Gasteiger charge is -2.38. The Morgan fingerprint density at radius 1 is 1.33 bits per heavy atom. The first kappa shape index (κ1) is 12.9. The molecule has 2 N–H and O–H groups in total. The van der Waals surface area contributed by atoms with Crippen LogP contribution >= 0.6 is 0 Å². The SMILES string of the molecule is CNC(CCO)CN1CCC(C)(C)CC1. The van der Waals surface area contributed by atoms with Gasteiger partial charge in [0.2, 0.25) is 0 Å². The van der Waals surface area contributed by atoms with Gasteiger partial charge in [-0.1, -0.05) is 13.8 Å². The van der Waals surface area contributed by atoms with Crippen molar-refractivity contribution in [1.29, 1.82) is 0 Å². The number of likely N-dealkylation sites (N-methyl/N-ethyl adjacent to an activating group) is 1. The summed E-state index contributed by atoms with van der Waals surface area (Å²) in [6, 6.07) is 0.441. The van der Waals surface area contributed by atoms with Gasteiger partial charge >= 0.3 is 0 Å². The Balaban J connectivity index is 2.28. The second-order valence-electron chi connectivity index (χ2n) is 5.46. The minimum Gasteiger partial charge on any atom is -0.396 e. The standard InChI is InChI=1S/C12H26N2O/c1-12(2)5-7-14(8-6-12)10-11(13-3)4-9-15/h11,13,15H,4-10H2,1-3H3. The summed E-state index contributed by atoms with van der Waals surface area (Å²) in [5.41, 5.74) is 0.530. The van der Waals surface area contributed by atoms with Crippen LogP contribution in [0.5, 0.6) is 0 Å². The maximum Gasteiger partial charge on any atom is 0.0446 e. The van der Waals surface area contributed by atoms with Gasteiger partial charge in [0.1, 0.15) is 0 Å². The van der Waals surface area contributed by atoms with Crippen molar-refractivity contribution in [3.63, 3.8) is 0 Å². The average Bonchev–Trinajstić information content (AvgIpc) is 2.20. The number of rotatable bonds is 5.